The van der Waals surface area contributed by atoms with Crippen molar-refractivity contribution in [3.63, 3.8) is 0 Å². The maximum atomic E-state index is 13.0. The lowest BCUT2D eigenvalue weighted by Crippen LogP contribution is -2.44. The van der Waals surface area contributed by atoms with Crippen LogP contribution in [0.3, 0.4) is 0 Å². The van der Waals surface area contributed by atoms with Gasteiger partial charge in [-0.05, 0) is 24.3 Å². The summed E-state index contributed by atoms with van der Waals surface area (Å²) in [7, 11) is 1.47. The zero-order chi connectivity index (χ0) is 19.6. The fourth-order valence-electron chi connectivity index (χ4n) is 2.62. The number of Topliss-reactive ketones (excluding diaryl/α,β-unsaturated/α-hetero) is 1. The minimum absolute atomic E-state index is 0.134. The number of hydrogen-bond donors (Lipinski definition) is 0. The van der Waals surface area contributed by atoms with Crippen LogP contribution in [0.15, 0.2) is 59.0 Å². The second kappa shape index (κ2) is 7.14. The van der Waals surface area contributed by atoms with E-state index >= 15 is 0 Å². The van der Waals surface area contributed by atoms with Gasteiger partial charge >= 0.3 is 12.0 Å². The van der Waals surface area contributed by atoms with Gasteiger partial charge in [0.25, 0.3) is 11.6 Å². The third-order valence-corrected chi connectivity index (χ3v) is 3.89. The summed E-state index contributed by atoms with van der Waals surface area (Å²) in [5.74, 6) is -3.20. The van der Waals surface area contributed by atoms with Crippen LogP contribution >= 0.6 is 0 Å². The summed E-state index contributed by atoms with van der Waals surface area (Å²) in [5.41, 5.74) is -0.114. The van der Waals surface area contributed by atoms with Gasteiger partial charge in [-0.1, -0.05) is 30.3 Å². The first-order valence-corrected chi connectivity index (χ1v) is 7.84. The molecule has 0 radical (unpaired) electrons. The predicted molar refractivity (Wildman–Crippen MR) is 86.3 cm³/mol. The normalized spacial score (nSPS) is 11.4. The predicted octanol–water partition coefficient (Wildman–Crippen LogP) is 3.11. The molecule has 0 saturated carbocycles. The third-order valence-electron chi connectivity index (χ3n) is 3.89. The minimum Gasteiger partial charge on any atom is -0.540 e. The molecule has 0 spiro atoms. The van der Waals surface area contributed by atoms with Gasteiger partial charge in [-0.2, -0.15) is 17.7 Å². The largest absolute Gasteiger partial charge is 0.540 e. The van der Waals surface area contributed by atoms with E-state index in [1.807, 2.05) is 0 Å². The van der Waals surface area contributed by atoms with Gasteiger partial charge in [-0.3, -0.25) is 4.79 Å². The Morgan fingerprint density at radius 2 is 1.74 bits per heavy atom. The van der Waals surface area contributed by atoms with Gasteiger partial charge in [0.05, 0.1) is 12.7 Å². The number of alkyl halides is 3. The van der Waals surface area contributed by atoms with Crippen LogP contribution in [-0.2, 0) is 6.54 Å². The average molecular weight is 377 g/mol. The first kappa shape index (κ1) is 18.5. The van der Waals surface area contributed by atoms with E-state index in [4.69, 9.17) is 9.15 Å². The lowest BCUT2D eigenvalue weighted by Gasteiger charge is -2.06. The molecule has 1 aromatic heterocycles. The van der Waals surface area contributed by atoms with Crippen LogP contribution in [-0.4, -0.2) is 19.1 Å². The van der Waals surface area contributed by atoms with Crippen molar-refractivity contribution in [3.8, 4) is 23.1 Å². The van der Waals surface area contributed by atoms with Gasteiger partial charge in [-0.25, -0.2) is 0 Å². The smallest absolute Gasteiger partial charge is 0.461 e. The Balaban J connectivity index is 2.16. The highest BCUT2D eigenvalue weighted by molar-refractivity contribution is 5.99. The first-order chi connectivity index (χ1) is 12.8. The summed E-state index contributed by atoms with van der Waals surface area (Å²) < 4.78 is 50.0. The van der Waals surface area contributed by atoms with Crippen molar-refractivity contribution in [1.82, 2.24) is 0 Å². The topological polar surface area (TPSA) is 66.4 Å². The SMILES string of the molecule is COc1ccc(-c2oc([O-])c(C(=O)C(F)(F)F)[n+]2Cc2ccccc2)cc1. The van der Waals surface area contributed by atoms with Gasteiger partial charge in [-0.15, -0.1) is 0 Å². The van der Waals surface area contributed by atoms with Crippen LogP contribution in [0.5, 0.6) is 11.7 Å². The van der Waals surface area contributed by atoms with E-state index in [0.717, 1.165) is 4.57 Å². The molecule has 1 heterocycles. The van der Waals surface area contributed by atoms with E-state index in [2.05, 4.69) is 0 Å². The molecule has 5 nitrogen and oxygen atoms in total. The molecule has 0 saturated heterocycles. The zero-order valence-corrected chi connectivity index (χ0v) is 14.1. The molecular formula is C19H14F3NO4. The van der Waals surface area contributed by atoms with Crippen LogP contribution in [0, 0.1) is 0 Å². The van der Waals surface area contributed by atoms with E-state index in [0.29, 0.717) is 16.9 Å². The Kier molecular flexibility index (Phi) is 4.89. The number of ether oxygens (including phenoxy) is 1. The molecule has 0 unspecified atom stereocenters. The quantitative estimate of drug-likeness (QED) is 0.506. The number of nitrogens with zero attached hydrogens (tertiary/aromatic N) is 1. The van der Waals surface area contributed by atoms with Gasteiger partial charge in [0.15, 0.2) is 6.54 Å². The number of ketones is 1. The number of methoxy groups -OCH3 is 1. The third kappa shape index (κ3) is 3.79. The van der Waals surface area contributed by atoms with E-state index in [1.54, 1.807) is 42.5 Å². The maximum absolute atomic E-state index is 13.0. The lowest BCUT2D eigenvalue weighted by atomic mass is 10.1. The molecule has 2 aromatic carbocycles. The minimum atomic E-state index is -5.20. The summed E-state index contributed by atoms with van der Waals surface area (Å²) in [5, 5.41) is 12.1. The second-order valence-electron chi connectivity index (χ2n) is 5.67. The average Bonchev–Trinajstić information content (AvgIpc) is 2.97. The highest BCUT2D eigenvalue weighted by Crippen LogP contribution is 2.29. The molecule has 0 aliphatic carbocycles. The molecule has 0 aliphatic heterocycles. The number of rotatable bonds is 5. The molecule has 8 heteroatoms. The number of hydrogen-bond acceptors (Lipinski definition) is 4. The molecule has 0 aliphatic rings. The number of aromatic nitrogens is 1. The van der Waals surface area contributed by atoms with Gasteiger partial charge in [0.1, 0.15) is 11.7 Å². The summed E-state index contributed by atoms with van der Waals surface area (Å²) in [4.78, 5) is 11.8. The van der Waals surface area contributed by atoms with Crippen LogP contribution < -0.4 is 14.4 Å². The molecular weight excluding hydrogens is 363 g/mol. The van der Waals surface area contributed by atoms with Crippen LogP contribution in [0.4, 0.5) is 13.2 Å². The Labute approximate surface area is 152 Å². The number of carbonyl (C=O) groups excluding carboxylic acids is 1. The lowest BCUT2D eigenvalue weighted by molar-refractivity contribution is -0.682. The molecule has 0 amide bonds. The molecule has 0 N–H and O–H groups in total. The van der Waals surface area contributed by atoms with Gasteiger partial charge in [0, 0.05) is 5.56 Å². The summed E-state index contributed by atoms with van der Waals surface area (Å²) in [6, 6.07) is 14.7. The van der Waals surface area contributed by atoms with Crippen molar-refractivity contribution < 1.29 is 36.8 Å². The number of benzene rings is 2. The maximum Gasteiger partial charge on any atom is 0.461 e. The van der Waals surface area contributed by atoms with E-state index in [9.17, 15) is 23.1 Å². The number of oxazole rings is 1. The second-order valence-corrected chi connectivity index (χ2v) is 5.67. The van der Waals surface area contributed by atoms with Crippen molar-refractivity contribution in [2.75, 3.05) is 7.11 Å². The summed E-state index contributed by atoms with van der Waals surface area (Å²) in [6.07, 6.45) is -5.20. The van der Waals surface area contributed by atoms with Crippen molar-refractivity contribution in [2.45, 2.75) is 12.7 Å². The van der Waals surface area contributed by atoms with Crippen LogP contribution in [0.2, 0.25) is 0 Å². The van der Waals surface area contributed by atoms with Gasteiger partial charge < -0.3 is 14.3 Å². The molecule has 0 fully saturated rings. The Morgan fingerprint density at radius 1 is 1.11 bits per heavy atom. The first-order valence-electron chi connectivity index (χ1n) is 7.84. The Morgan fingerprint density at radius 3 is 2.30 bits per heavy atom. The highest BCUT2D eigenvalue weighted by atomic mass is 19.4. The van der Waals surface area contributed by atoms with Crippen molar-refractivity contribution in [2.24, 2.45) is 0 Å². The fourth-order valence-corrected chi connectivity index (χ4v) is 2.62. The Bertz CT molecular complexity index is 948. The van der Waals surface area contributed by atoms with Crippen molar-refractivity contribution >= 4 is 5.78 Å². The van der Waals surface area contributed by atoms with Crippen LogP contribution in [0.25, 0.3) is 11.5 Å². The summed E-state index contributed by atoms with van der Waals surface area (Å²) >= 11 is 0. The Hall–Kier alpha value is -3.29. The van der Waals surface area contributed by atoms with Crippen molar-refractivity contribution in [3.05, 3.63) is 65.9 Å². The molecule has 3 aromatic rings. The molecule has 0 bridgehead atoms. The fraction of sp³-hybridized carbons (Fsp3) is 0.158. The standard InChI is InChI=1S/C19H14F3NO4/c1-26-14-9-7-13(8-10-14)17-23(11-12-5-3-2-4-6-12)15(18(25)27-17)16(24)19(20,21)22/h2-10H,11H2,1H3. The van der Waals surface area contributed by atoms with Gasteiger partial charge in [0.2, 0.25) is 0 Å². The van der Waals surface area contributed by atoms with E-state index in [-0.39, 0.29) is 12.4 Å². The van der Waals surface area contributed by atoms with Crippen molar-refractivity contribution in [1.29, 1.82) is 0 Å². The monoisotopic (exact) mass is 377 g/mol. The summed E-state index contributed by atoms with van der Waals surface area (Å²) in [6.45, 7) is -0.134. The molecule has 140 valence electrons. The number of halogens is 3. The van der Waals surface area contributed by atoms with Crippen LogP contribution in [0.1, 0.15) is 16.1 Å². The zero-order valence-electron chi connectivity index (χ0n) is 14.1. The highest BCUT2D eigenvalue weighted by Gasteiger charge is 2.47. The van der Waals surface area contributed by atoms with E-state index < -0.39 is 23.6 Å². The van der Waals surface area contributed by atoms with E-state index in [1.165, 1.54) is 19.2 Å². The molecule has 27 heavy (non-hydrogen) atoms. The molecule has 0 atom stereocenters. The molecule has 3 rings (SSSR count). The number of carbonyl (C=O) groups is 1.